The molecule has 0 saturated carbocycles. The van der Waals surface area contributed by atoms with Gasteiger partial charge in [-0.15, -0.1) is 0 Å². The van der Waals surface area contributed by atoms with Crippen LogP contribution in [0.2, 0.25) is 0 Å². The van der Waals surface area contributed by atoms with Crippen LogP contribution in [0.25, 0.3) is 17.1 Å². The monoisotopic (exact) mass is 273 g/mol. The van der Waals surface area contributed by atoms with E-state index in [4.69, 9.17) is 5.11 Å². The van der Waals surface area contributed by atoms with Crippen LogP contribution >= 0.6 is 0 Å². The lowest BCUT2D eigenvalue weighted by atomic mass is 9.96. The third-order valence-corrected chi connectivity index (χ3v) is 3.65. The van der Waals surface area contributed by atoms with Crippen LogP contribution in [-0.4, -0.2) is 39.5 Å². The standard InChI is InChI=1S/C14H15N3O3/c18-14(19)17-7-5-10(6-8-17)1-2-11-3-4-12-13(9-11)16-20-15-12/h1-4,9-10H,5-8H2,(H,18,19)/b2-1+. The van der Waals surface area contributed by atoms with Gasteiger partial charge >= 0.3 is 6.09 Å². The van der Waals surface area contributed by atoms with Gasteiger partial charge in [0, 0.05) is 13.1 Å². The van der Waals surface area contributed by atoms with E-state index in [1.54, 1.807) is 0 Å². The zero-order chi connectivity index (χ0) is 13.9. The summed E-state index contributed by atoms with van der Waals surface area (Å²) in [4.78, 5) is 12.3. The van der Waals surface area contributed by atoms with E-state index in [1.165, 1.54) is 4.90 Å². The Hall–Kier alpha value is -2.37. The number of allylic oxidation sites excluding steroid dienone is 1. The molecular formula is C14H15N3O3. The third kappa shape index (κ3) is 2.64. The maximum absolute atomic E-state index is 10.8. The van der Waals surface area contributed by atoms with Crippen LogP contribution in [-0.2, 0) is 0 Å². The Bertz CT molecular complexity index is 642. The van der Waals surface area contributed by atoms with Crippen LogP contribution in [0.1, 0.15) is 18.4 Å². The van der Waals surface area contributed by atoms with Gasteiger partial charge in [0.25, 0.3) is 0 Å². The highest BCUT2D eigenvalue weighted by Gasteiger charge is 2.20. The third-order valence-electron chi connectivity index (χ3n) is 3.65. The second-order valence-corrected chi connectivity index (χ2v) is 4.98. The first kappa shape index (κ1) is 12.7. The van der Waals surface area contributed by atoms with Crippen molar-refractivity contribution >= 4 is 23.2 Å². The van der Waals surface area contributed by atoms with Gasteiger partial charge in [0.15, 0.2) is 0 Å². The van der Waals surface area contributed by atoms with Gasteiger partial charge in [-0.05, 0) is 46.8 Å². The fourth-order valence-corrected chi connectivity index (χ4v) is 2.43. The predicted molar refractivity (Wildman–Crippen MR) is 73.2 cm³/mol. The highest BCUT2D eigenvalue weighted by molar-refractivity contribution is 5.76. The molecular weight excluding hydrogens is 258 g/mol. The minimum Gasteiger partial charge on any atom is -0.465 e. The molecule has 1 N–H and O–H groups in total. The molecule has 104 valence electrons. The Morgan fingerprint density at radius 1 is 1.30 bits per heavy atom. The van der Waals surface area contributed by atoms with E-state index in [0.717, 1.165) is 29.4 Å². The lowest BCUT2D eigenvalue weighted by Gasteiger charge is -2.28. The average molecular weight is 273 g/mol. The van der Waals surface area contributed by atoms with Crippen LogP contribution in [0.3, 0.4) is 0 Å². The number of nitrogens with zero attached hydrogens (tertiary/aromatic N) is 3. The number of amides is 1. The number of fused-ring (bicyclic) bond motifs is 1. The molecule has 0 aliphatic carbocycles. The van der Waals surface area contributed by atoms with Gasteiger partial charge < -0.3 is 10.0 Å². The number of hydrogen-bond acceptors (Lipinski definition) is 4. The zero-order valence-corrected chi connectivity index (χ0v) is 10.9. The molecule has 20 heavy (non-hydrogen) atoms. The summed E-state index contributed by atoms with van der Waals surface area (Å²) in [5, 5.41) is 16.5. The Kier molecular flexibility index (Phi) is 3.37. The largest absolute Gasteiger partial charge is 0.465 e. The second kappa shape index (κ2) is 5.32. The summed E-state index contributed by atoms with van der Waals surface area (Å²) in [7, 11) is 0. The molecule has 1 saturated heterocycles. The zero-order valence-electron chi connectivity index (χ0n) is 10.9. The van der Waals surface area contributed by atoms with E-state index in [2.05, 4.69) is 27.1 Å². The van der Waals surface area contributed by atoms with Crippen LogP contribution < -0.4 is 0 Å². The molecule has 0 atom stereocenters. The van der Waals surface area contributed by atoms with Crippen LogP contribution in [0.5, 0.6) is 0 Å². The molecule has 1 fully saturated rings. The molecule has 1 amide bonds. The molecule has 1 aromatic heterocycles. The first-order valence-corrected chi connectivity index (χ1v) is 6.61. The van der Waals surface area contributed by atoms with Gasteiger partial charge in [0.05, 0.1) is 0 Å². The summed E-state index contributed by atoms with van der Waals surface area (Å²) >= 11 is 0. The molecule has 2 aromatic rings. The molecule has 6 heteroatoms. The molecule has 1 aliphatic rings. The van der Waals surface area contributed by atoms with Gasteiger partial charge in [0.2, 0.25) is 0 Å². The van der Waals surface area contributed by atoms with Gasteiger partial charge in [-0.25, -0.2) is 9.42 Å². The van der Waals surface area contributed by atoms with Crippen LogP contribution in [0, 0.1) is 5.92 Å². The minimum absolute atomic E-state index is 0.428. The SMILES string of the molecule is O=C(O)N1CCC(/C=C/c2ccc3nonc3c2)CC1. The van der Waals surface area contributed by atoms with Crippen molar-refractivity contribution < 1.29 is 14.5 Å². The highest BCUT2D eigenvalue weighted by atomic mass is 16.6. The summed E-state index contributed by atoms with van der Waals surface area (Å²) < 4.78 is 4.66. The Labute approximate surface area is 115 Å². The van der Waals surface area contributed by atoms with Gasteiger partial charge in [-0.3, -0.25) is 0 Å². The molecule has 0 unspecified atom stereocenters. The lowest BCUT2D eigenvalue weighted by Crippen LogP contribution is -2.36. The van der Waals surface area contributed by atoms with Gasteiger partial charge in [-0.2, -0.15) is 0 Å². The maximum atomic E-state index is 10.8. The topological polar surface area (TPSA) is 79.5 Å². The number of carbonyl (C=O) groups is 1. The van der Waals surface area contributed by atoms with Crippen LogP contribution in [0.4, 0.5) is 4.79 Å². The van der Waals surface area contributed by atoms with Crippen molar-refractivity contribution in [2.24, 2.45) is 5.92 Å². The van der Waals surface area contributed by atoms with Crippen molar-refractivity contribution in [3.63, 3.8) is 0 Å². The number of rotatable bonds is 2. The predicted octanol–water partition coefficient (Wildman–Crippen LogP) is 2.63. The van der Waals surface area contributed by atoms with Gasteiger partial charge in [0.1, 0.15) is 11.0 Å². The fraction of sp³-hybridized carbons (Fsp3) is 0.357. The van der Waals surface area contributed by atoms with Crippen molar-refractivity contribution in [1.29, 1.82) is 0 Å². The number of likely N-dealkylation sites (tertiary alicyclic amines) is 1. The molecule has 1 aliphatic heterocycles. The van der Waals surface area contributed by atoms with Crippen LogP contribution in [0.15, 0.2) is 28.9 Å². The number of piperidine rings is 1. The van der Waals surface area contributed by atoms with Crippen molar-refractivity contribution in [3.05, 3.63) is 29.8 Å². The summed E-state index contributed by atoms with van der Waals surface area (Å²) in [6.45, 7) is 1.22. The molecule has 3 rings (SSSR count). The highest BCUT2D eigenvalue weighted by Crippen LogP contribution is 2.20. The smallest absolute Gasteiger partial charge is 0.407 e. The number of hydrogen-bond donors (Lipinski definition) is 1. The van der Waals surface area contributed by atoms with Crippen molar-refractivity contribution in [2.45, 2.75) is 12.8 Å². The molecule has 0 radical (unpaired) electrons. The molecule has 6 nitrogen and oxygen atoms in total. The Balaban J connectivity index is 1.64. The normalized spacial score (nSPS) is 17.1. The number of aromatic nitrogens is 2. The van der Waals surface area contributed by atoms with E-state index >= 15 is 0 Å². The lowest BCUT2D eigenvalue weighted by molar-refractivity contribution is 0.129. The first-order chi connectivity index (χ1) is 9.72. The number of benzene rings is 1. The van der Waals surface area contributed by atoms with Crippen molar-refractivity contribution in [2.75, 3.05) is 13.1 Å². The van der Waals surface area contributed by atoms with Crippen molar-refractivity contribution in [1.82, 2.24) is 15.2 Å². The molecule has 1 aromatic carbocycles. The van der Waals surface area contributed by atoms with E-state index in [1.807, 2.05) is 18.2 Å². The summed E-state index contributed by atoms with van der Waals surface area (Å²) in [5.74, 6) is 0.428. The Morgan fingerprint density at radius 2 is 2.05 bits per heavy atom. The molecule has 0 spiro atoms. The van der Waals surface area contributed by atoms with E-state index < -0.39 is 6.09 Å². The molecule has 0 bridgehead atoms. The quantitative estimate of drug-likeness (QED) is 0.909. The second-order valence-electron chi connectivity index (χ2n) is 4.98. The summed E-state index contributed by atoms with van der Waals surface area (Å²) in [6, 6.07) is 5.77. The Morgan fingerprint density at radius 3 is 2.80 bits per heavy atom. The van der Waals surface area contributed by atoms with E-state index in [-0.39, 0.29) is 0 Å². The molecule has 2 heterocycles. The van der Waals surface area contributed by atoms with Crippen molar-refractivity contribution in [3.8, 4) is 0 Å². The fourth-order valence-electron chi connectivity index (χ4n) is 2.43. The average Bonchev–Trinajstić information content (AvgIpc) is 2.93. The summed E-state index contributed by atoms with van der Waals surface area (Å²) in [5.41, 5.74) is 2.54. The number of carboxylic acid groups (broad SMARTS) is 1. The van der Waals surface area contributed by atoms with Gasteiger partial charge in [-0.1, -0.05) is 18.2 Å². The maximum Gasteiger partial charge on any atom is 0.407 e. The first-order valence-electron chi connectivity index (χ1n) is 6.61. The van der Waals surface area contributed by atoms with E-state index in [9.17, 15) is 4.79 Å². The summed E-state index contributed by atoms with van der Waals surface area (Å²) in [6.07, 6.45) is 5.12. The van der Waals surface area contributed by atoms with E-state index in [0.29, 0.717) is 19.0 Å². The minimum atomic E-state index is -0.823.